The fourth-order valence-electron chi connectivity index (χ4n) is 6.35. The van der Waals surface area contributed by atoms with E-state index >= 15 is 0 Å². The molecule has 1 aliphatic carbocycles. The van der Waals surface area contributed by atoms with Gasteiger partial charge in [-0.25, -0.2) is 0 Å². The molecule has 1 spiro atoms. The van der Waals surface area contributed by atoms with Crippen molar-refractivity contribution in [2.75, 3.05) is 26.7 Å². The van der Waals surface area contributed by atoms with E-state index in [4.69, 9.17) is 4.74 Å². The average Bonchev–Trinajstić information content (AvgIpc) is 3.56. The number of unbranched alkanes of at least 4 members (excludes halogenated alkanes) is 1. The number of likely N-dealkylation sites (tertiary alicyclic amines) is 1. The molecule has 3 aliphatic rings. The van der Waals surface area contributed by atoms with Gasteiger partial charge in [-0.2, -0.15) is 0 Å². The molecule has 2 atom stereocenters. The highest BCUT2D eigenvalue weighted by Crippen LogP contribution is 2.36. The van der Waals surface area contributed by atoms with Crippen molar-refractivity contribution in [3.05, 3.63) is 71.8 Å². The maximum atomic E-state index is 13.7. The molecule has 3 amide bonds. The van der Waals surface area contributed by atoms with Gasteiger partial charge in [-0.05, 0) is 80.0 Å². The molecular formula is C33H42N4O5. The zero-order chi connectivity index (χ0) is 29.7. The number of hydrogen-bond donors (Lipinski definition) is 3. The highest BCUT2D eigenvalue weighted by molar-refractivity contribution is 6.00. The van der Waals surface area contributed by atoms with E-state index in [-0.39, 0.29) is 23.6 Å². The fraction of sp³-hybridized carbons (Fsp3) is 0.485. The van der Waals surface area contributed by atoms with Crippen molar-refractivity contribution in [2.24, 2.45) is 5.92 Å². The van der Waals surface area contributed by atoms with Crippen LogP contribution in [-0.4, -0.2) is 77.0 Å². The number of aliphatic hydroxyl groups is 1. The predicted octanol–water partition coefficient (Wildman–Crippen LogP) is 3.63. The number of nitrogens with one attached hydrogen (secondary N) is 2. The predicted molar refractivity (Wildman–Crippen MR) is 160 cm³/mol. The number of aliphatic hydroxyl groups excluding tert-OH is 1. The van der Waals surface area contributed by atoms with Crippen molar-refractivity contribution >= 4 is 17.7 Å². The molecule has 2 heterocycles. The van der Waals surface area contributed by atoms with Crippen LogP contribution in [0, 0.1) is 5.92 Å². The second kappa shape index (κ2) is 13.1. The molecule has 2 aromatic rings. The van der Waals surface area contributed by atoms with Gasteiger partial charge >= 0.3 is 0 Å². The summed E-state index contributed by atoms with van der Waals surface area (Å²) in [6.45, 7) is 4.74. The zero-order valence-electron chi connectivity index (χ0n) is 24.6. The Bertz CT molecular complexity index is 1280. The number of hydrogen-bond acceptors (Lipinski definition) is 6. The third-order valence-corrected chi connectivity index (χ3v) is 8.95. The minimum absolute atomic E-state index is 0.0328. The molecule has 5 rings (SSSR count). The Kier molecular flexibility index (Phi) is 9.28. The van der Waals surface area contributed by atoms with E-state index in [2.05, 4.69) is 22.5 Å². The molecule has 2 aromatic carbocycles. The maximum absolute atomic E-state index is 13.7. The van der Waals surface area contributed by atoms with Crippen molar-refractivity contribution in [2.45, 2.75) is 69.7 Å². The zero-order valence-corrected chi connectivity index (χ0v) is 24.6. The van der Waals surface area contributed by atoms with Gasteiger partial charge in [-0.1, -0.05) is 37.6 Å². The number of amides is 3. The Balaban J connectivity index is 1.19. The van der Waals surface area contributed by atoms with E-state index in [0.717, 1.165) is 37.8 Å². The molecular weight excluding hydrogens is 532 g/mol. The maximum Gasteiger partial charge on any atom is 0.251 e. The minimum atomic E-state index is -0.883. The van der Waals surface area contributed by atoms with E-state index in [1.807, 2.05) is 36.4 Å². The van der Waals surface area contributed by atoms with Gasteiger partial charge in [0, 0.05) is 38.8 Å². The number of ether oxygens (including phenoxy) is 1. The highest BCUT2D eigenvalue weighted by atomic mass is 16.5. The van der Waals surface area contributed by atoms with Crippen molar-refractivity contribution in [1.29, 1.82) is 0 Å². The number of benzene rings is 2. The molecule has 2 saturated heterocycles. The topological polar surface area (TPSA) is 111 Å². The quantitative estimate of drug-likeness (QED) is 0.374. The standard InChI is InChI=1S/C33H42N4O5/c1-3-4-19-37-31(40)28(29(38)24-7-5-6-8-24)35-32(41)33(37)17-20-36(21-18-33)22-23-9-13-26(14-10-23)42-27-15-11-25(12-16-27)30(39)34-2/h5-6,9-16,24,28-29,38H,3-4,7-8,17-22H2,1-2H3,(H,34,39)(H,35,41)/t28-,29-/m1/s1. The van der Waals surface area contributed by atoms with Gasteiger partial charge in [0.1, 0.15) is 23.1 Å². The van der Waals surface area contributed by atoms with Crippen molar-refractivity contribution in [3.63, 3.8) is 0 Å². The van der Waals surface area contributed by atoms with Crippen LogP contribution in [0.1, 0.15) is 61.4 Å². The second-order valence-corrected chi connectivity index (χ2v) is 11.6. The Hall–Kier alpha value is -3.69. The van der Waals surface area contributed by atoms with Gasteiger partial charge in [0.15, 0.2) is 0 Å². The van der Waals surface area contributed by atoms with Crippen LogP contribution in [0.25, 0.3) is 0 Å². The first-order valence-electron chi connectivity index (χ1n) is 15.1. The van der Waals surface area contributed by atoms with Gasteiger partial charge in [-0.3, -0.25) is 19.3 Å². The molecule has 0 aromatic heterocycles. The molecule has 9 heteroatoms. The molecule has 0 bridgehead atoms. The number of carbonyl (C=O) groups excluding carboxylic acids is 3. The first kappa shape index (κ1) is 29.8. The number of rotatable bonds is 10. The lowest BCUT2D eigenvalue weighted by Crippen LogP contribution is -2.75. The molecule has 9 nitrogen and oxygen atoms in total. The third kappa shape index (κ3) is 6.22. The Morgan fingerprint density at radius 3 is 2.26 bits per heavy atom. The van der Waals surface area contributed by atoms with Crippen molar-refractivity contribution < 1.29 is 24.2 Å². The van der Waals surface area contributed by atoms with Gasteiger partial charge in [0.25, 0.3) is 5.91 Å². The molecule has 0 unspecified atom stereocenters. The fourth-order valence-corrected chi connectivity index (χ4v) is 6.35. The van der Waals surface area contributed by atoms with Crippen LogP contribution in [0.3, 0.4) is 0 Å². The monoisotopic (exact) mass is 574 g/mol. The lowest BCUT2D eigenvalue weighted by molar-refractivity contribution is -0.165. The van der Waals surface area contributed by atoms with Gasteiger partial charge in [0.2, 0.25) is 11.8 Å². The van der Waals surface area contributed by atoms with E-state index in [9.17, 15) is 19.5 Å². The summed E-state index contributed by atoms with van der Waals surface area (Å²) in [6.07, 6.45) is 7.52. The summed E-state index contributed by atoms with van der Waals surface area (Å²) in [4.78, 5) is 43.2. The van der Waals surface area contributed by atoms with Crippen LogP contribution in [0.5, 0.6) is 11.5 Å². The van der Waals surface area contributed by atoms with Gasteiger partial charge < -0.3 is 25.4 Å². The first-order chi connectivity index (χ1) is 20.3. The third-order valence-electron chi connectivity index (χ3n) is 8.95. The summed E-state index contributed by atoms with van der Waals surface area (Å²) in [7, 11) is 1.60. The van der Waals surface area contributed by atoms with Gasteiger partial charge in [-0.15, -0.1) is 0 Å². The summed E-state index contributed by atoms with van der Waals surface area (Å²) in [6, 6.07) is 14.0. The van der Waals surface area contributed by atoms with Crippen molar-refractivity contribution in [1.82, 2.24) is 20.4 Å². The normalized spacial score (nSPS) is 21.4. The first-order valence-corrected chi connectivity index (χ1v) is 15.1. The van der Waals surface area contributed by atoms with Crippen molar-refractivity contribution in [3.8, 4) is 11.5 Å². The van der Waals surface area contributed by atoms with Crippen LogP contribution in [0.15, 0.2) is 60.7 Å². The van der Waals surface area contributed by atoms with Crippen LogP contribution < -0.4 is 15.4 Å². The Morgan fingerprint density at radius 1 is 1.05 bits per heavy atom. The minimum Gasteiger partial charge on any atom is -0.457 e. The Morgan fingerprint density at radius 2 is 1.67 bits per heavy atom. The lowest BCUT2D eigenvalue weighted by atomic mass is 9.79. The highest BCUT2D eigenvalue weighted by Gasteiger charge is 2.55. The summed E-state index contributed by atoms with van der Waals surface area (Å²) in [5, 5.41) is 16.6. The average molecular weight is 575 g/mol. The summed E-state index contributed by atoms with van der Waals surface area (Å²) >= 11 is 0. The van der Waals surface area contributed by atoms with E-state index in [1.54, 1.807) is 36.2 Å². The van der Waals surface area contributed by atoms with Gasteiger partial charge in [0.05, 0.1) is 6.10 Å². The van der Waals surface area contributed by atoms with Crippen LogP contribution in [0.2, 0.25) is 0 Å². The molecule has 3 N–H and O–H groups in total. The van der Waals surface area contributed by atoms with Crippen LogP contribution in [-0.2, 0) is 16.1 Å². The smallest absolute Gasteiger partial charge is 0.251 e. The number of piperazine rings is 1. The van der Waals surface area contributed by atoms with Crippen LogP contribution >= 0.6 is 0 Å². The second-order valence-electron chi connectivity index (χ2n) is 11.6. The summed E-state index contributed by atoms with van der Waals surface area (Å²) in [5.74, 6) is 0.915. The number of carbonyl (C=O) groups is 3. The molecule has 224 valence electrons. The largest absolute Gasteiger partial charge is 0.457 e. The van der Waals surface area contributed by atoms with E-state index < -0.39 is 17.7 Å². The van der Waals surface area contributed by atoms with E-state index in [1.165, 1.54) is 0 Å². The molecule has 0 saturated carbocycles. The summed E-state index contributed by atoms with van der Waals surface area (Å²) in [5.41, 5.74) is 0.845. The molecule has 42 heavy (non-hydrogen) atoms. The SMILES string of the molecule is CCCCN1C(=O)[C@@H]([C@H](O)C2CC=CC2)NC(=O)C12CCN(Cc1ccc(Oc3ccc(C(=O)NC)cc3)cc1)CC2. The number of nitrogens with zero attached hydrogens (tertiary/aromatic N) is 2. The lowest BCUT2D eigenvalue weighted by Gasteiger charge is -2.52. The van der Waals surface area contributed by atoms with Crippen LogP contribution in [0.4, 0.5) is 0 Å². The number of piperidine rings is 1. The molecule has 2 aliphatic heterocycles. The summed E-state index contributed by atoms with van der Waals surface area (Å²) < 4.78 is 5.94. The van der Waals surface area contributed by atoms with E-state index in [0.29, 0.717) is 49.5 Å². The Labute approximate surface area is 247 Å². The number of allylic oxidation sites excluding steroid dienone is 2. The molecule has 2 fully saturated rings. The molecule has 0 radical (unpaired) electrons.